The summed E-state index contributed by atoms with van der Waals surface area (Å²) in [4.78, 5) is 11.5. The van der Waals surface area contributed by atoms with Crippen molar-refractivity contribution in [1.82, 2.24) is 10.0 Å². The molecule has 1 aliphatic carbocycles. The fourth-order valence-corrected chi connectivity index (χ4v) is 2.98. The second kappa shape index (κ2) is 5.37. The SMILES string of the molecule is CC(NS(=O)(=O)c1ccc(F)cc1N)C(=O)NC1CC1. The summed E-state index contributed by atoms with van der Waals surface area (Å²) >= 11 is 0. The number of sulfonamides is 1. The largest absolute Gasteiger partial charge is 0.398 e. The van der Waals surface area contributed by atoms with E-state index in [4.69, 9.17) is 5.73 Å². The van der Waals surface area contributed by atoms with E-state index in [0.29, 0.717) is 0 Å². The molecule has 0 spiro atoms. The van der Waals surface area contributed by atoms with E-state index in [1.54, 1.807) is 0 Å². The number of nitrogens with one attached hydrogen (secondary N) is 2. The van der Waals surface area contributed by atoms with Crippen LogP contribution in [-0.4, -0.2) is 26.4 Å². The maximum Gasteiger partial charge on any atom is 0.243 e. The highest BCUT2D eigenvalue weighted by molar-refractivity contribution is 7.89. The van der Waals surface area contributed by atoms with Gasteiger partial charge in [-0.2, -0.15) is 4.72 Å². The minimum atomic E-state index is -3.97. The Hall–Kier alpha value is -1.67. The number of carbonyl (C=O) groups is 1. The van der Waals surface area contributed by atoms with Crippen molar-refractivity contribution < 1.29 is 17.6 Å². The Labute approximate surface area is 116 Å². The second-order valence-corrected chi connectivity index (χ2v) is 6.49. The molecule has 6 nitrogen and oxygen atoms in total. The molecule has 1 fully saturated rings. The number of benzene rings is 1. The van der Waals surface area contributed by atoms with Gasteiger partial charge in [-0.1, -0.05) is 0 Å². The lowest BCUT2D eigenvalue weighted by molar-refractivity contribution is -0.122. The van der Waals surface area contributed by atoms with Crippen LogP contribution >= 0.6 is 0 Å². The maximum atomic E-state index is 12.9. The molecule has 1 unspecified atom stereocenters. The summed E-state index contributed by atoms with van der Waals surface area (Å²) in [7, 11) is -3.97. The third-order valence-electron chi connectivity index (χ3n) is 2.91. The van der Waals surface area contributed by atoms with Crippen LogP contribution in [0.1, 0.15) is 19.8 Å². The first-order chi connectivity index (χ1) is 9.29. The molecule has 1 aliphatic rings. The van der Waals surface area contributed by atoms with Gasteiger partial charge in [0.25, 0.3) is 0 Å². The van der Waals surface area contributed by atoms with Crippen molar-refractivity contribution in [3.63, 3.8) is 0 Å². The third kappa shape index (κ3) is 3.45. The number of hydrogen-bond acceptors (Lipinski definition) is 4. The van der Waals surface area contributed by atoms with Gasteiger partial charge in [-0.15, -0.1) is 0 Å². The van der Waals surface area contributed by atoms with Crippen LogP contribution in [-0.2, 0) is 14.8 Å². The van der Waals surface area contributed by atoms with Gasteiger partial charge in [0.1, 0.15) is 10.7 Å². The number of amides is 1. The Morgan fingerprint density at radius 1 is 1.45 bits per heavy atom. The standard InChI is InChI=1S/C12H16FN3O3S/c1-7(12(17)15-9-3-4-9)16-20(18,19)11-5-2-8(13)6-10(11)14/h2,5-7,9,16H,3-4,14H2,1H3,(H,15,17). The van der Waals surface area contributed by atoms with Gasteiger partial charge in [0, 0.05) is 6.04 Å². The van der Waals surface area contributed by atoms with E-state index < -0.39 is 27.8 Å². The molecule has 8 heteroatoms. The van der Waals surface area contributed by atoms with E-state index in [2.05, 4.69) is 10.0 Å². The topological polar surface area (TPSA) is 101 Å². The molecule has 0 aliphatic heterocycles. The van der Waals surface area contributed by atoms with Crippen LogP contribution in [0.2, 0.25) is 0 Å². The normalized spacial score (nSPS) is 16.7. The molecule has 0 heterocycles. The predicted molar refractivity (Wildman–Crippen MR) is 71.8 cm³/mol. The van der Waals surface area contributed by atoms with Crippen LogP contribution in [0, 0.1) is 5.82 Å². The lowest BCUT2D eigenvalue weighted by Crippen LogP contribution is -2.45. The molecule has 1 amide bonds. The average molecular weight is 301 g/mol. The minimum absolute atomic E-state index is 0.144. The first-order valence-electron chi connectivity index (χ1n) is 6.17. The van der Waals surface area contributed by atoms with Crippen molar-refractivity contribution in [2.24, 2.45) is 0 Å². The first kappa shape index (κ1) is 14.7. The Morgan fingerprint density at radius 2 is 2.10 bits per heavy atom. The van der Waals surface area contributed by atoms with Crippen LogP contribution in [0.5, 0.6) is 0 Å². The van der Waals surface area contributed by atoms with Crippen LogP contribution in [0.25, 0.3) is 0 Å². The van der Waals surface area contributed by atoms with Crippen molar-refractivity contribution in [2.75, 3.05) is 5.73 Å². The molecule has 4 N–H and O–H groups in total. The van der Waals surface area contributed by atoms with Crippen molar-refractivity contribution >= 4 is 21.6 Å². The van der Waals surface area contributed by atoms with Crippen LogP contribution in [0.15, 0.2) is 23.1 Å². The van der Waals surface area contributed by atoms with Crippen LogP contribution in [0.4, 0.5) is 10.1 Å². The van der Waals surface area contributed by atoms with Crippen LogP contribution in [0.3, 0.4) is 0 Å². The molecule has 20 heavy (non-hydrogen) atoms. The Morgan fingerprint density at radius 3 is 2.65 bits per heavy atom. The van der Waals surface area contributed by atoms with Crippen molar-refractivity contribution in [3.8, 4) is 0 Å². The number of hydrogen-bond donors (Lipinski definition) is 3. The monoisotopic (exact) mass is 301 g/mol. The van der Waals surface area contributed by atoms with Gasteiger partial charge in [0.2, 0.25) is 15.9 Å². The van der Waals surface area contributed by atoms with Gasteiger partial charge in [-0.3, -0.25) is 4.79 Å². The molecule has 1 aromatic rings. The quantitative estimate of drug-likeness (QED) is 0.683. The molecule has 2 rings (SSSR count). The second-order valence-electron chi connectivity index (χ2n) is 4.81. The fraction of sp³-hybridized carbons (Fsp3) is 0.417. The molecule has 0 bridgehead atoms. The fourth-order valence-electron chi connectivity index (χ4n) is 1.67. The molecule has 1 aromatic carbocycles. The van der Waals surface area contributed by atoms with Gasteiger partial charge >= 0.3 is 0 Å². The number of halogens is 1. The lowest BCUT2D eigenvalue weighted by atomic mass is 10.3. The summed E-state index contributed by atoms with van der Waals surface area (Å²) in [6, 6.07) is 2.21. The molecule has 0 radical (unpaired) electrons. The van der Waals surface area contributed by atoms with E-state index in [0.717, 1.165) is 31.0 Å². The summed E-state index contributed by atoms with van der Waals surface area (Å²) in [5.74, 6) is -1.02. The van der Waals surface area contributed by atoms with E-state index in [1.165, 1.54) is 6.92 Å². The number of anilines is 1. The zero-order chi connectivity index (χ0) is 14.9. The zero-order valence-electron chi connectivity index (χ0n) is 10.9. The van der Waals surface area contributed by atoms with Crippen molar-refractivity contribution in [2.45, 2.75) is 36.7 Å². The summed E-state index contributed by atoms with van der Waals surface area (Å²) in [6.45, 7) is 1.44. The zero-order valence-corrected chi connectivity index (χ0v) is 11.7. The molecule has 0 aromatic heterocycles. The number of rotatable bonds is 5. The van der Waals surface area contributed by atoms with Crippen molar-refractivity contribution in [1.29, 1.82) is 0 Å². The summed E-state index contributed by atoms with van der Waals surface area (Å²) < 4.78 is 39.3. The lowest BCUT2D eigenvalue weighted by Gasteiger charge is -2.15. The molecule has 0 saturated heterocycles. The summed E-state index contributed by atoms with van der Waals surface area (Å²) in [5.41, 5.74) is 5.29. The van der Waals surface area contributed by atoms with E-state index in [-0.39, 0.29) is 16.6 Å². The van der Waals surface area contributed by atoms with Crippen LogP contribution < -0.4 is 15.8 Å². The van der Waals surface area contributed by atoms with Crippen molar-refractivity contribution in [3.05, 3.63) is 24.0 Å². The predicted octanol–water partition coefficient (Wildman–Crippen LogP) is 0.353. The van der Waals surface area contributed by atoms with E-state index >= 15 is 0 Å². The Kier molecular flexibility index (Phi) is 3.96. The molecular weight excluding hydrogens is 285 g/mol. The van der Waals surface area contributed by atoms with E-state index in [9.17, 15) is 17.6 Å². The van der Waals surface area contributed by atoms with E-state index in [1.807, 2.05) is 0 Å². The maximum absolute atomic E-state index is 12.9. The summed E-state index contributed by atoms with van der Waals surface area (Å²) in [6.07, 6.45) is 1.83. The Bertz CT molecular complexity index is 629. The number of carbonyl (C=O) groups excluding carboxylic acids is 1. The highest BCUT2D eigenvalue weighted by atomic mass is 32.2. The minimum Gasteiger partial charge on any atom is -0.398 e. The highest BCUT2D eigenvalue weighted by Gasteiger charge is 2.28. The Balaban J connectivity index is 2.11. The van der Waals surface area contributed by atoms with Gasteiger partial charge in [0.05, 0.1) is 11.7 Å². The first-order valence-corrected chi connectivity index (χ1v) is 7.65. The van der Waals surface area contributed by atoms with Gasteiger partial charge < -0.3 is 11.1 Å². The summed E-state index contributed by atoms with van der Waals surface area (Å²) in [5, 5.41) is 2.69. The number of nitrogens with two attached hydrogens (primary N) is 1. The van der Waals surface area contributed by atoms with Gasteiger partial charge in [-0.25, -0.2) is 12.8 Å². The highest BCUT2D eigenvalue weighted by Crippen LogP contribution is 2.20. The molecule has 110 valence electrons. The smallest absolute Gasteiger partial charge is 0.243 e. The van der Waals surface area contributed by atoms with Gasteiger partial charge in [0.15, 0.2) is 0 Å². The molecular formula is C12H16FN3O3S. The van der Waals surface area contributed by atoms with Gasteiger partial charge in [-0.05, 0) is 38.0 Å². The number of nitrogen functional groups attached to an aromatic ring is 1. The third-order valence-corrected chi connectivity index (χ3v) is 4.52. The molecule has 1 saturated carbocycles. The average Bonchev–Trinajstić information content (AvgIpc) is 3.11. The molecule has 1 atom stereocenters.